The molecule has 0 fully saturated rings. The lowest BCUT2D eigenvalue weighted by molar-refractivity contribution is 0.215. The predicted molar refractivity (Wildman–Crippen MR) is 38.7 cm³/mol. The first-order valence-corrected chi connectivity index (χ1v) is 3.27. The lowest BCUT2D eigenvalue weighted by Gasteiger charge is -2.30. The van der Waals surface area contributed by atoms with Crippen LogP contribution < -0.4 is 5.32 Å². The van der Waals surface area contributed by atoms with Crippen LogP contribution in [0.5, 0.6) is 0 Å². The molecule has 0 radical (unpaired) electrons. The summed E-state index contributed by atoms with van der Waals surface area (Å²) in [4.78, 5) is 2.26. The fourth-order valence-electron chi connectivity index (χ4n) is 0.807. The second-order valence-electron chi connectivity index (χ2n) is 3.32. The molecule has 0 saturated heterocycles. The molecular formula is C7H14N2. The summed E-state index contributed by atoms with van der Waals surface area (Å²) in [7, 11) is 0. The number of nitrogens with one attached hydrogen (secondary N) is 1. The zero-order chi connectivity index (χ0) is 6.91. The number of hydrogen-bond acceptors (Lipinski definition) is 2. The first-order chi connectivity index (χ1) is 4.11. The van der Waals surface area contributed by atoms with Crippen molar-refractivity contribution in [1.82, 2.24) is 10.2 Å². The average Bonchev–Trinajstić information content (AvgIpc) is 2.08. The van der Waals surface area contributed by atoms with Gasteiger partial charge < -0.3 is 10.2 Å². The van der Waals surface area contributed by atoms with Crippen LogP contribution in [0.15, 0.2) is 12.4 Å². The van der Waals surface area contributed by atoms with E-state index in [1.54, 1.807) is 0 Å². The first-order valence-electron chi connectivity index (χ1n) is 3.27. The van der Waals surface area contributed by atoms with Crippen molar-refractivity contribution < 1.29 is 0 Å². The second kappa shape index (κ2) is 1.94. The summed E-state index contributed by atoms with van der Waals surface area (Å²) in [5.41, 5.74) is 0.264. The molecular weight excluding hydrogens is 112 g/mol. The van der Waals surface area contributed by atoms with Crippen LogP contribution in [-0.4, -0.2) is 17.1 Å². The van der Waals surface area contributed by atoms with E-state index in [2.05, 4.69) is 37.2 Å². The molecule has 0 aromatic heterocycles. The molecule has 0 aromatic carbocycles. The minimum Gasteiger partial charge on any atom is -0.373 e. The van der Waals surface area contributed by atoms with Gasteiger partial charge in [0.2, 0.25) is 0 Å². The largest absolute Gasteiger partial charge is 0.373 e. The summed E-state index contributed by atoms with van der Waals surface area (Å²) in [6.45, 7) is 7.54. The van der Waals surface area contributed by atoms with Gasteiger partial charge in [0.15, 0.2) is 0 Å². The van der Waals surface area contributed by atoms with Crippen LogP contribution >= 0.6 is 0 Å². The Morgan fingerprint density at radius 2 is 2.11 bits per heavy atom. The van der Waals surface area contributed by atoms with Gasteiger partial charge in [-0.15, -0.1) is 0 Å². The maximum Gasteiger partial charge on any atom is 0.0872 e. The van der Waals surface area contributed by atoms with Gasteiger partial charge in [0.1, 0.15) is 0 Å². The molecule has 2 heteroatoms. The molecule has 1 aliphatic rings. The molecule has 0 aromatic rings. The summed E-state index contributed by atoms with van der Waals surface area (Å²) in [5.74, 6) is 0. The third kappa shape index (κ3) is 1.37. The summed E-state index contributed by atoms with van der Waals surface area (Å²) in [5, 5.41) is 3.12. The highest BCUT2D eigenvalue weighted by molar-refractivity contribution is 4.93. The van der Waals surface area contributed by atoms with E-state index >= 15 is 0 Å². The maximum atomic E-state index is 3.12. The molecule has 0 unspecified atom stereocenters. The summed E-state index contributed by atoms with van der Waals surface area (Å²) in [6, 6.07) is 0. The van der Waals surface area contributed by atoms with Gasteiger partial charge >= 0.3 is 0 Å². The van der Waals surface area contributed by atoms with E-state index in [4.69, 9.17) is 0 Å². The highest BCUT2D eigenvalue weighted by Gasteiger charge is 2.18. The van der Waals surface area contributed by atoms with Crippen LogP contribution in [0.4, 0.5) is 0 Å². The lowest BCUT2D eigenvalue weighted by Crippen LogP contribution is -2.37. The standard InChI is InChI=1S/C7H14N2/c1-7(2,3)9-5-4-8-6-9/h4-5,8H,6H2,1-3H3. The Bertz CT molecular complexity index is 121. The van der Waals surface area contributed by atoms with Gasteiger partial charge in [-0.25, -0.2) is 0 Å². The summed E-state index contributed by atoms with van der Waals surface area (Å²) < 4.78 is 0. The Labute approximate surface area is 56.5 Å². The van der Waals surface area contributed by atoms with Crippen molar-refractivity contribution in [2.75, 3.05) is 6.67 Å². The molecule has 0 spiro atoms. The van der Waals surface area contributed by atoms with E-state index in [0.29, 0.717) is 0 Å². The minimum atomic E-state index is 0.264. The van der Waals surface area contributed by atoms with Crippen molar-refractivity contribution in [2.45, 2.75) is 26.3 Å². The van der Waals surface area contributed by atoms with E-state index < -0.39 is 0 Å². The van der Waals surface area contributed by atoms with Crippen LogP contribution in [0, 0.1) is 0 Å². The number of rotatable bonds is 0. The minimum absolute atomic E-state index is 0.264. The van der Waals surface area contributed by atoms with Crippen LogP contribution in [0.3, 0.4) is 0 Å². The normalized spacial score (nSPS) is 18.3. The van der Waals surface area contributed by atoms with Gasteiger partial charge in [0.25, 0.3) is 0 Å². The van der Waals surface area contributed by atoms with Crippen molar-refractivity contribution in [3.05, 3.63) is 12.4 Å². The van der Waals surface area contributed by atoms with Crippen molar-refractivity contribution in [1.29, 1.82) is 0 Å². The number of nitrogens with zero attached hydrogens (tertiary/aromatic N) is 1. The highest BCUT2D eigenvalue weighted by Crippen LogP contribution is 2.13. The van der Waals surface area contributed by atoms with Crippen molar-refractivity contribution in [3.8, 4) is 0 Å². The topological polar surface area (TPSA) is 15.3 Å². The van der Waals surface area contributed by atoms with Crippen LogP contribution in [0.2, 0.25) is 0 Å². The van der Waals surface area contributed by atoms with Crippen molar-refractivity contribution in [3.63, 3.8) is 0 Å². The average molecular weight is 126 g/mol. The third-order valence-corrected chi connectivity index (χ3v) is 1.50. The third-order valence-electron chi connectivity index (χ3n) is 1.50. The molecule has 1 N–H and O–H groups in total. The Hall–Kier alpha value is -0.660. The quantitative estimate of drug-likeness (QED) is 0.523. The van der Waals surface area contributed by atoms with E-state index in [1.807, 2.05) is 6.20 Å². The van der Waals surface area contributed by atoms with Crippen LogP contribution in [0.1, 0.15) is 20.8 Å². The van der Waals surface area contributed by atoms with Crippen LogP contribution in [0.25, 0.3) is 0 Å². The molecule has 0 saturated carbocycles. The maximum absolute atomic E-state index is 3.12. The van der Waals surface area contributed by atoms with Gasteiger partial charge in [0, 0.05) is 17.9 Å². The molecule has 0 aliphatic carbocycles. The molecule has 1 rings (SSSR count). The van der Waals surface area contributed by atoms with E-state index in [9.17, 15) is 0 Å². The van der Waals surface area contributed by atoms with E-state index in [0.717, 1.165) is 6.67 Å². The molecule has 0 bridgehead atoms. The lowest BCUT2D eigenvalue weighted by atomic mass is 10.1. The highest BCUT2D eigenvalue weighted by atomic mass is 15.3. The fraction of sp³-hybridized carbons (Fsp3) is 0.714. The zero-order valence-corrected chi connectivity index (χ0v) is 6.31. The summed E-state index contributed by atoms with van der Waals surface area (Å²) in [6.07, 6.45) is 4.06. The molecule has 52 valence electrons. The molecule has 2 nitrogen and oxygen atoms in total. The monoisotopic (exact) mass is 126 g/mol. The first kappa shape index (κ1) is 6.46. The SMILES string of the molecule is CC(C)(C)N1C=CNC1. The van der Waals surface area contributed by atoms with Gasteiger partial charge in [-0.2, -0.15) is 0 Å². The Morgan fingerprint density at radius 3 is 2.33 bits per heavy atom. The Kier molecular flexibility index (Phi) is 1.39. The number of hydrogen-bond donors (Lipinski definition) is 1. The second-order valence-corrected chi connectivity index (χ2v) is 3.32. The fourth-order valence-corrected chi connectivity index (χ4v) is 0.807. The molecule has 0 atom stereocenters. The van der Waals surface area contributed by atoms with Gasteiger partial charge in [-0.1, -0.05) is 0 Å². The van der Waals surface area contributed by atoms with Gasteiger partial charge in [-0.3, -0.25) is 0 Å². The van der Waals surface area contributed by atoms with Crippen molar-refractivity contribution >= 4 is 0 Å². The Balaban J connectivity index is 2.53. The Morgan fingerprint density at radius 1 is 1.44 bits per heavy atom. The zero-order valence-electron chi connectivity index (χ0n) is 6.31. The van der Waals surface area contributed by atoms with E-state index in [1.165, 1.54) is 0 Å². The summed E-state index contributed by atoms with van der Waals surface area (Å²) >= 11 is 0. The molecule has 1 aliphatic heterocycles. The van der Waals surface area contributed by atoms with Crippen molar-refractivity contribution in [2.24, 2.45) is 0 Å². The molecule has 1 heterocycles. The molecule has 9 heavy (non-hydrogen) atoms. The predicted octanol–water partition coefficient (Wildman–Crippen LogP) is 1.12. The van der Waals surface area contributed by atoms with Gasteiger partial charge in [-0.05, 0) is 20.8 Å². The smallest absolute Gasteiger partial charge is 0.0872 e. The van der Waals surface area contributed by atoms with E-state index in [-0.39, 0.29) is 5.54 Å². The van der Waals surface area contributed by atoms with Crippen LogP contribution in [-0.2, 0) is 0 Å². The van der Waals surface area contributed by atoms with Gasteiger partial charge in [0.05, 0.1) is 6.67 Å². The molecule has 0 amide bonds.